The van der Waals surface area contributed by atoms with Crippen LogP contribution in [0.5, 0.6) is 5.75 Å². The highest BCUT2D eigenvalue weighted by atomic mass is 32.1. The maximum atomic E-state index is 13.4. The van der Waals surface area contributed by atoms with Crippen LogP contribution in [-0.4, -0.2) is 27.3 Å². The van der Waals surface area contributed by atoms with Gasteiger partial charge in [-0.05, 0) is 50.8 Å². The Balaban J connectivity index is 1.79. The lowest BCUT2D eigenvalue weighted by atomic mass is 9.94. The Morgan fingerprint density at radius 3 is 2.52 bits per heavy atom. The van der Waals surface area contributed by atoms with Crippen LogP contribution in [-0.2, 0) is 11.3 Å². The Morgan fingerprint density at radius 1 is 1.09 bits per heavy atom. The third-order valence-electron chi connectivity index (χ3n) is 5.38. The van der Waals surface area contributed by atoms with Crippen molar-refractivity contribution in [2.45, 2.75) is 45.9 Å². The van der Waals surface area contributed by atoms with E-state index in [0.717, 1.165) is 16.7 Å². The molecule has 0 fully saturated rings. The van der Waals surface area contributed by atoms with Gasteiger partial charge in [0, 0.05) is 5.56 Å². The van der Waals surface area contributed by atoms with Gasteiger partial charge in [-0.3, -0.25) is 9.59 Å². The van der Waals surface area contributed by atoms with Crippen LogP contribution in [0, 0.1) is 6.92 Å². The number of ketones is 1. The van der Waals surface area contributed by atoms with Gasteiger partial charge < -0.3 is 14.7 Å². The maximum Gasteiger partial charge on any atom is 0.290 e. The van der Waals surface area contributed by atoms with E-state index in [4.69, 9.17) is 4.74 Å². The monoisotopic (exact) mass is 461 g/mol. The molecule has 4 rings (SSSR count). The SMILES string of the molecule is Cc1cccc(C2C(C(=O)c3cccs3)=C(O)C(=O)N2Cc2ccccc2OC(C)(C)C)c1. The van der Waals surface area contributed by atoms with E-state index in [9.17, 15) is 14.7 Å². The molecule has 6 heteroatoms. The first-order valence-electron chi connectivity index (χ1n) is 10.8. The lowest BCUT2D eigenvalue weighted by Gasteiger charge is -2.29. The molecule has 0 saturated heterocycles. The Labute approximate surface area is 197 Å². The molecular weight excluding hydrogens is 434 g/mol. The molecule has 0 bridgehead atoms. The third-order valence-corrected chi connectivity index (χ3v) is 6.25. The van der Waals surface area contributed by atoms with Crippen LogP contribution in [0.3, 0.4) is 0 Å². The fraction of sp³-hybridized carbons (Fsp3) is 0.259. The minimum absolute atomic E-state index is 0.113. The summed E-state index contributed by atoms with van der Waals surface area (Å²) in [6.07, 6.45) is 0. The van der Waals surface area contributed by atoms with Crippen molar-refractivity contribution in [1.82, 2.24) is 4.90 Å². The Kier molecular flexibility index (Phi) is 6.13. The van der Waals surface area contributed by atoms with Crippen LogP contribution in [0.2, 0.25) is 0 Å². The number of aliphatic hydroxyl groups excluding tert-OH is 1. The number of benzene rings is 2. The second kappa shape index (κ2) is 8.87. The number of para-hydroxylation sites is 1. The molecule has 1 aliphatic heterocycles. The van der Waals surface area contributed by atoms with Gasteiger partial charge in [-0.2, -0.15) is 0 Å². The van der Waals surface area contributed by atoms with E-state index in [0.29, 0.717) is 10.6 Å². The van der Waals surface area contributed by atoms with Crippen LogP contribution in [0.25, 0.3) is 0 Å². The van der Waals surface area contributed by atoms with E-state index in [2.05, 4.69) is 0 Å². The number of carbonyl (C=O) groups excluding carboxylic acids is 2. The summed E-state index contributed by atoms with van der Waals surface area (Å²) in [7, 11) is 0. The van der Waals surface area contributed by atoms with Crippen molar-refractivity contribution in [1.29, 1.82) is 0 Å². The van der Waals surface area contributed by atoms with Gasteiger partial charge in [0.15, 0.2) is 5.76 Å². The first-order chi connectivity index (χ1) is 15.7. The van der Waals surface area contributed by atoms with Gasteiger partial charge in [0.1, 0.15) is 11.4 Å². The molecule has 1 amide bonds. The quantitative estimate of drug-likeness (QED) is 0.456. The van der Waals surface area contributed by atoms with Crippen molar-refractivity contribution in [3.05, 3.63) is 98.9 Å². The lowest BCUT2D eigenvalue weighted by molar-refractivity contribution is -0.130. The number of amides is 1. The van der Waals surface area contributed by atoms with Crippen molar-refractivity contribution < 1.29 is 19.4 Å². The summed E-state index contributed by atoms with van der Waals surface area (Å²) >= 11 is 1.29. The minimum atomic E-state index is -0.699. The summed E-state index contributed by atoms with van der Waals surface area (Å²) in [4.78, 5) is 28.7. The number of hydrogen-bond acceptors (Lipinski definition) is 5. The number of hydrogen-bond donors (Lipinski definition) is 1. The topological polar surface area (TPSA) is 66.8 Å². The second-order valence-corrected chi connectivity index (χ2v) is 10.1. The number of Topliss-reactive ketones (excluding diaryl/α,β-unsaturated/α-hetero) is 1. The average Bonchev–Trinajstić information content (AvgIpc) is 3.37. The molecule has 0 saturated carbocycles. The van der Waals surface area contributed by atoms with Crippen molar-refractivity contribution in [3.8, 4) is 5.75 Å². The fourth-order valence-electron chi connectivity index (χ4n) is 4.02. The first kappa shape index (κ1) is 22.8. The van der Waals surface area contributed by atoms with Crippen LogP contribution in [0.4, 0.5) is 0 Å². The predicted octanol–water partition coefficient (Wildman–Crippen LogP) is 6.01. The smallest absolute Gasteiger partial charge is 0.290 e. The number of thiophene rings is 1. The minimum Gasteiger partial charge on any atom is -0.503 e. The normalized spacial score (nSPS) is 16.4. The van der Waals surface area contributed by atoms with Gasteiger partial charge in [0.25, 0.3) is 5.91 Å². The number of ether oxygens (including phenoxy) is 1. The summed E-state index contributed by atoms with van der Waals surface area (Å²) in [5, 5.41) is 12.7. The van der Waals surface area contributed by atoms with E-state index in [1.165, 1.54) is 11.3 Å². The van der Waals surface area contributed by atoms with Crippen molar-refractivity contribution in [3.63, 3.8) is 0 Å². The molecule has 2 heterocycles. The predicted molar refractivity (Wildman–Crippen MR) is 130 cm³/mol. The van der Waals surface area contributed by atoms with E-state index >= 15 is 0 Å². The average molecular weight is 462 g/mol. The highest BCUT2D eigenvalue weighted by Gasteiger charge is 2.44. The number of nitrogens with zero attached hydrogens (tertiary/aromatic N) is 1. The molecule has 5 nitrogen and oxygen atoms in total. The molecular formula is C27H27NO4S. The second-order valence-electron chi connectivity index (χ2n) is 9.14. The zero-order valence-corrected chi connectivity index (χ0v) is 20.0. The Morgan fingerprint density at radius 2 is 1.85 bits per heavy atom. The van der Waals surface area contributed by atoms with Crippen LogP contribution >= 0.6 is 11.3 Å². The zero-order valence-electron chi connectivity index (χ0n) is 19.2. The molecule has 2 aromatic carbocycles. The van der Waals surface area contributed by atoms with E-state index in [1.54, 1.807) is 22.4 Å². The molecule has 0 aliphatic carbocycles. The van der Waals surface area contributed by atoms with Gasteiger partial charge >= 0.3 is 0 Å². The molecule has 170 valence electrons. The van der Waals surface area contributed by atoms with Crippen molar-refractivity contribution in [2.24, 2.45) is 0 Å². The highest BCUT2D eigenvalue weighted by molar-refractivity contribution is 7.12. The van der Waals surface area contributed by atoms with E-state index in [-0.39, 0.29) is 17.9 Å². The molecule has 0 spiro atoms. The van der Waals surface area contributed by atoms with Gasteiger partial charge in [-0.25, -0.2) is 0 Å². The lowest BCUT2D eigenvalue weighted by Crippen LogP contribution is -2.31. The van der Waals surface area contributed by atoms with Crippen LogP contribution in [0.1, 0.15) is 53.2 Å². The standard InChI is InChI=1S/C27H27NO4S/c1-17-9-7-11-18(15-17)23-22(24(29)21-13-8-14-33-21)25(30)26(31)28(23)16-19-10-5-6-12-20(19)32-27(2,3)4/h5-15,23,30H,16H2,1-4H3. The molecule has 3 aromatic rings. The van der Waals surface area contributed by atoms with Crippen molar-refractivity contribution >= 4 is 23.0 Å². The van der Waals surface area contributed by atoms with Gasteiger partial charge in [0.05, 0.1) is 23.0 Å². The summed E-state index contributed by atoms with van der Waals surface area (Å²) in [6.45, 7) is 8.04. The zero-order chi connectivity index (χ0) is 23.8. The van der Waals surface area contributed by atoms with Gasteiger partial charge in [-0.1, -0.05) is 54.1 Å². The largest absolute Gasteiger partial charge is 0.503 e. The maximum absolute atomic E-state index is 13.4. The number of aliphatic hydroxyl groups is 1. The van der Waals surface area contributed by atoms with E-state index in [1.807, 2.05) is 76.2 Å². The molecule has 1 aromatic heterocycles. The molecule has 33 heavy (non-hydrogen) atoms. The highest BCUT2D eigenvalue weighted by Crippen LogP contribution is 2.41. The fourth-order valence-corrected chi connectivity index (χ4v) is 4.70. The summed E-state index contributed by atoms with van der Waals surface area (Å²) < 4.78 is 6.12. The Hall–Kier alpha value is -3.38. The van der Waals surface area contributed by atoms with Crippen LogP contribution < -0.4 is 4.74 Å². The number of aryl methyl sites for hydroxylation is 1. The molecule has 1 N–H and O–H groups in total. The number of carbonyl (C=O) groups is 2. The molecule has 0 radical (unpaired) electrons. The van der Waals surface area contributed by atoms with Crippen LogP contribution in [0.15, 0.2) is 77.4 Å². The molecule has 1 aliphatic rings. The molecule has 1 atom stereocenters. The number of rotatable bonds is 6. The first-order valence-corrected chi connectivity index (χ1v) is 11.7. The van der Waals surface area contributed by atoms with Crippen molar-refractivity contribution in [2.75, 3.05) is 0 Å². The van der Waals surface area contributed by atoms with E-state index < -0.39 is 23.3 Å². The van der Waals surface area contributed by atoms with Gasteiger partial charge in [-0.15, -0.1) is 11.3 Å². The summed E-state index contributed by atoms with van der Waals surface area (Å²) in [5.41, 5.74) is 2.28. The third kappa shape index (κ3) is 4.71. The Bertz CT molecular complexity index is 1220. The summed E-state index contributed by atoms with van der Waals surface area (Å²) in [6, 6.07) is 18.0. The molecule has 1 unspecified atom stereocenters. The van der Waals surface area contributed by atoms with Gasteiger partial charge in [0.2, 0.25) is 5.78 Å². The summed E-state index contributed by atoms with van der Waals surface area (Å²) in [5.74, 6) is -0.719.